The lowest BCUT2D eigenvalue weighted by Gasteiger charge is -2.32. The lowest BCUT2D eigenvalue weighted by molar-refractivity contribution is -0.0500. The summed E-state index contributed by atoms with van der Waals surface area (Å²) in [5, 5.41) is 0. The second-order valence-corrected chi connectivity index (χ2v) is 5.88. The maximum absolute atomic E-state index is 12.3. The zero-order chi connectivity index (χ0) is 15.8. The standard InChI is InChI=1S/C14H17BF2O4/c1-13(2)14(3,4)21-15(20-13)10-5-6-11(19-12(16)17)9(7-10)8-18/h5-8,12H,1-4H3. The first-order chi connectivity index (χ1) is 9.66. The van der Waals surface area contributed by atoms with Gasteiger partial charge in [0, 0.05) is 0 Å². The lowest BCUT2D eigenvalue weighted by atomic mass is 9.78. The highest BCUT2D eigenvalue weighted by atomic mass is 19.3. The van der Waals surface area contributed by atoms with Crippen LogP contribution in [0.5, 0.6) is 5.75 Å². The smallest absolute Gasteiger partial charge is 0.434 e. The average molecular weight is 298 g/mol. The molecule has 1 aromatic carbocycles. The molecule has 1 heterocycles. The summed E-state index contributed by atoms with van der Waals surface area (Å²) in [7, 11) is -0.658. The van der Waals surface area contributed by atoms with Crippen molar-refractivity contribution in [2.75, 3.05) is 0 Å². The number of rotatable bonds is 4. The van der Waals surface area contributed by atoms with Crippen molar-refractivity contribution >= 4 is 18.9 Å². The molecule has 0 unspecified atom stereocenters. The van der Waals surface area contributed by atoms with Crippen molar-refractivity contribution in [3.8, 4) is 5.75 Å². The zero-order valence-corrected chi connectivity index (χ0v) is 12.4. The summed E-state index contributed by atoms with van der Waals surface area (Å²) in [6, 6.07) is 4.30. The van der Waals surface area contributed by atoms with Crippen molar-refractivity contribution < 1.29 is 27.6 Å². The monoisotopic (exact) mass is 298 g/mol. The van der Waals surface area contributed by atoms with Crippen LogP contribution in [0.3, 0.4) is 0 Å². The van der Waals surface area contributed by atoms with E-state index in [2.05, 4.69) is 4.74 Å². The minimum atomic E-state index is -2.98. The van der Waals surface area contributed by atoms with Crippen LogP contribution in [-0.4, -0.2) is 31.2 Å². The molecule has 0 bridgehead atoms. The summed E-state index contributed by atoms with van der Waals surface area (Å²) >= 11 is 0. The molecule has 1 saturated heterocycles. The molecule has 0 amide bonds. The van der Waals surface area contributed by atoms with Crippen LogP contribution in [0, 0.1) is 0 Å². The van der Waals surface area contributed by atoms with E-state index in [-0.39, 0.29) is 11.3 Å². The minimum absolute atomic E-state index is 0.0301. The van der Waals surface area contributed by atoms with E-state index in [0.29, 0.717) is 11.7 Å². The number of benzene rings is 1. The Morgan fingerprint density at radius 3 is 2.24 bits per heavy atom. The Kier molecular flexibility index (Phi) is 4.08. The normalized spacial score (nSPS) is 19.9. The number of ether oxygens (including phenoxy) is 1. The van der Waals surface area contributed by atoms with Crippen LogP contribution in [0.15, 0.2) is 18.2 Å². The molecule has 2 rings (SSSR count). The van der Waals surface area contributed by atoms with Crippen LogP contribution in [0.25, 0.3) is 0 Å². The fraction of sp³-hybridized carbons (Fsp3) is 0.500. The number of alkyl halides is 2. The van der Waals surface area contributed by atoms with Crippen LogP contribution >= 0.6 is 0 Å². The predicted octanol–water partition coefficient (Wildman–Crippen LogP) is 2.40. The van der Waals surface area contributed by atoms with E-state index in [1.807, 2.05) is 27.7 Å². The molecule has 1 fully saturated rings. The third-order valence-corrected chi connectivity index (χ3v) is 3.90. The maximum atomic E-state index is 12.3. The summed E-state index contributed by atoms with van der Waals surface area (Å²) < 4.78 is 40.5. The zero-order valence-electron chi connectivity index (χ0n) is 12.4. The number of hydrogen-bond donors (Lipinski definition) is 0. The van der Waals surface area contributed by atoms with Crippen molar-refractivity contribution in [2.24, 2.45) is 0 Å². The topological polar surface area (TPSA) is 44.8 Å². The molecule has 21 heavy (non-hydrogen) atoms. The molecule has 1 aromatic rings. The summed E-state index contributed by atoms with van der Waals surface area (Å²) in [4.78, 5) is 11.0. The van der Waals surface area contributed by atoms with Gasteiger partial charge in [0.15, 0.2) is 6.29 Å². The van der Waals surface area contributed by atoms with Gasteiger partial charge in [-0.05, 0) is 45.3 Å². The van der Waals surface area contributed by atoms with Gasteiger partial charge in [-0.2, -0.15) is 8.78 Å². The second kappa shape index (κ2) is 5.38. The van der Waals surface area contributed by atoms with Gasteiger partial charge in [-0.1, -0.05) is 6.07 Å². The van der Waals surface area contributed by atoms with Gasteiger partial charge in [-0.25, -0.2) is 0 Å². The molecule has 114 valence electrons. The Morgan fingerprint density at radius 1 is 1.19 bits per heavy atom. The van der Waals surface area contributed by atoms with E-state index in [1.54, 1.807) is 6.07 Å². The third kappa shape index (κ3) is 3.08. The van der Waals surface area contributed by atoms with E-state index < -0.39 is 24.9 Å². The van der Waals surface area contributed by atoms with Crippen LogP contribution in [0.1, 0.15) is 38.1 Å². The van der Waals surface area contributed by atoms with E-state index >= 15 is 0 Å². The Labute approximate surface area is 122 Å². The van der Waals surface area contributed by atoms with Crippen molar-refractivity contribution in [2.45, 2.75) is 45.5 Å². The fourth-order valence-electron chi connectivity index (χ4n) is 1.99. The van der Waals surface area contributed by atoms with Gasteiger partial charge in [0.1, 0.15) is 5.75 Å². The Morgan fingerprint density at radius 2 is 1.76 bits per heavy atom. The molecule has 0 spiro atoms. The molecule has 7 heteroatoms. The van der Waals surface area contributed by atoms with E-state index in [4.69, 9.17) is 9.31 Å². The maximum Gasteiger partial charge on any atom is 0.494 e. The molecule has 4 nitrogen and oxygen atoms in total. The van der Waals surface area contributed by atoms with Gasteiger partial charge >= 0.3 is 13.7 Å². The highest BCUT2D eigenvalue weighted by Crippen LogP contribution is 2.36. The van der Waals surface area contributed by atoms with Crippen molar-refractivity contribution in [1.82, 2.24) is 0 Å². The van der Waals surface area contributed by atoms with Crippen molar-refractivity contribution in [1.29, 1.82) is 0 Å². The summed E-state index contributed by atoms with van der Waals surface area (Å²) in [6.07, 6.45) is 0.465. The molecule has 1 aliphatic heterocycles. The third-order valence-electron chi connectivity index (χ3n) is 3.90. The van der Waals surface area contributed by atoms with Gasteiger partial charge in [-0.3, -0.25) is 4.79 Å². The number of aldehydes is 1. The summed E-state index contributed by atoms with van der Waals surface area (Å²) in [6.45, 7) is 4.64. The first-order valence-electron chi connectivity index (χ1n) is 6.56. The molecular formula is C14H17BF2O4. The Balaban J connectivity index is 2.29. The van der Waals surface area contributed by atoms with Crippen molar-refractivity contribution in [3.63, 3.8) is 0 Å². The first-order valence-corrected chi connectivity index (χ1v) is 6.56. The largest absolute Gasteiger partial charge is 0.494 e. The molecule has 0 aromatic heterocycles. The van der Waals surface area contributed by atoms with Crippen LogP contribution in [0.4, 0.5) is 8.78 Å². The highest BCUT2D eigenvalue weighted by molar-refractivity contribution is 6.62. The number of carbonyl (C=O) groups is 1. The highest BCUT2D eigenvalue weighted by Gasteiger charge is 2.51. The van der Waals surface area contributed by atoms with E-state index in [9.17, 15) is 13.6 Å². The van der Waals surface area contributed by atoms with E-state index in [1.165, 1.54) is 12.1 Å². The molecule has 1 aliphatic rings. The molecule has 0 aliphatic carbocycles. The van der Waals surface area contributed by atoms with Crippen LogP contribution in [0.2, 0.25) is 0 Å². The molecule has 0 radical (unpaired) electrons. The van der Waals surface area contributed by atoms with Crippen LogP contribution in [-0.2, 0) is 9.31 Å². The van der Waals surface area contributed by atoms with Crippen LogP contribution < -0.4 is 10.2 Å². The number of halogens is 2. The number of hydrogen-bond acceptors (Lipinski definition) is 4. The summed E-state index contributed by atoms with van der Waals surface area (Å²) in [5.41, 5.74) is -0.422. The first kappa shape index (κ1) is 15.9. The Bertz CT molecular complexity index is 530. The molecule has 0 atom stereocenters. The fourth-order valence-corrected chi connectivity index (χ4v) is 1.99. The molecular weight excluding hydrogens is 281 g/mol. The Hall–Kier alpha value is -1.47. The van der Waals surface area contributed by atoms with Crippen molar-refractivity contribution in [3.05, 3.63) is 23.8 Å². The van der Waals surface area contributed by atoms with Gasteiger partial charge in [-0.15, -0.1) is 0 Å². The molecule has 0 saturated carbocycles. The molecule has 0 N–H and O–H groups in total. The number of carbonyl (C=O) groups excluding carboxylic acids is 1. The van der Waals surface area contributed by atoms with E-state index in [0.717, 1.165) is 0 Å². The van der Waals surface area contributed by atoms with Gasteiger partial charge < -0.3 is 14.0 Å². The predicted molar refractivity (Wildman–Crippen MR) is 74.2 cm³/mol. The quantitative estimate of drug-likeness (QED) is 0.632. The van der Waals surface area contributed by atoms with Gasteiger partial charge in [0.05, 0.1) is 16.8 Å². The van der Waals surface area contributed by atoms with Gasteiger partial charge in [0.25, 0.3) is 0 Å². The summed E-state index contributed by atoms with van der Waals surface area (Å²) in [5.74, 6) is -0.166. The minimum Gasteiger partial charge on any atom is -0.434 e. The lowest BCUT2D eigenvalue weighted by Crippen LogP contribution is -2.41. The SMILES string of the molecule is CC1(C)OB(c2ccc(OC(F)F)c(C=O)c2)OC1(C)C. The average Bonchev–Trinajstić information content (AvgIpc) is 2.58. The second-order valence-electron chi connectivity index (χ2n) is 5.88. The van der Waals surface area contributed by atoms with Gasteiger partial charge in [0.2, 0.25) is 0 Å².